The van der Waals surface area contributed by atoms with Crippen molar-refractivity contribution in [2.75, 3.05) is 0 Å². The highest BCUT2D eigenvalue weighted by molar-refractivity contribution is 5.90. The van der Waals surface area contributed by atoms with E-state index in [1.54, 1.807) is 6.20 Å². The Hall–Kier alpha value is -3.21. The number of carbonyl (C=O) groups excluding carboxylic acids is 1. The van der Waals surface area contributed by atoms with Gasteiger partial charge in [-0.25, -0.2) is 4.98 Å². The van der Waals surface area contributed by atoms with Crippen molar-refractivity contribution in [3.05, 3.63) is 89.0 Å². The van der Waals surface area contributed by atoms with Crippen molar-refractivity contribution in [1.82, 2.24) is 9.97 Å². The Labute approximate surface area is 159 Å². The molecule has 3 aromatic rings. The molecule has 27 heavy (non-hydrogen) atoms. The van der Waals surface area contributed by atoms with Gasteiger partial charge < -0.3 is 10.5 Å². The molecule has 0 unspecified atom stereocenters. The highest BCUT2D eigenvalue weighted by Gasteiger charge is 2.22. The van der Waals surface area contributed by atoms with Crippen molar-refractivity contribution >= 4 is 5.91 Å². The maximum absolute atomic E-state index is 11.2. The lowest BCUT2D eigenvalue weighted by molar-refractivity contribution is 0.0994. The lowest BCUT2D eigenvalue weighted by Crippen LogP contribution is -2.18. The van der Waals surface area contributed by atoms with Crippen molar-refractivity contribution in [1.29, 1.82) is 0 Å². The van der Waals surface area contributed by atoms with Crippen LogP contribution in [-0.4, -0.2) is 15.9 Å². The van der Waals surface area contributed by atoms with Crippen molar-refractivity contribution in [2.24, 2.45) is 5.73 Å². The summed E-state index contributed by atoms with van der Waals surface area (Å²) in [5.74, 6) is 0.122. The molecule has 0 atom stereocenters. The summed E-state index contributed by atoms with van der Waals surface area (Å²) in [6, 6.07) is 16.6. The quantitative estimate of drug-likeness (QED) is 0.724. The second-order valence-electron chi connectivity index (χ2n) is 7.06. The summed E-state index contributed by atoms with van der Waals surface area (Å²) >= 11 is 0. The fourth-order valence-electron chi connectivity index (χ4n) is 2.86. The average molecular weight is 361 g/mol. The van der Waals surface area contributed by atoms with Crippen LogP contribution < -0.4 is 10.5 Å². The second kappa shape index (κ2) is 7.58. The fourth-order valence-corrected chi connectivity index (χ4v) is 2.86. The lowest BCUT2D eigenvalue weighted by atomic mass is 9.78. The molecule has 2 N–H and O–H groups in total. The van der Waals surface area contributed by atoms with Crippen molar-refractivity contribution in [2.45, 2.75) is 32.8 Å². The van der Waals surface area contributed by atoms with E-state index in [0.717, 1.165) is 5.75 Å². The lowest BCUT2D eigenvalue weighted by Gasteiger charge is -2.26. The van der Waals surface area contributed by atoms with E-state index in [-0.39, 0.29) is 17.7 Å². The Morgan fingerprint density at radius 2 is 1.59 bits per heavy atom. The molecule has 3 rings (SSSR count). The summed E-state index contributed by atoms with van der Waals surface area (Å²) in [5, 5.41) is 0. The van der Waals surface area contributed by atoms with Crippen LogP contribution in [0.15, 0.2) is 60.9 Å². The molecule has 2 aromatic carbocycles. The average Bonchev–Trinajstić information content (AvgIpc) is 2.67. The van der Waals surface area contributed by atoms with Gasteiger partial charge in [0.2, 0.25) is 0 Å². The van der Waals surface area contributed by atoms with Crippen LogP contribution in [0.5, 0.6) is 5.75 Å². The van der Waals surface area contributed by atoms with Gasteiger partial charge in [0, 0.05) is 5.41 Å². The third-order valence-electron chi connectivity index (χ3n) is 4.67. The van der Waals surface area contributed by atoms with Gasteiger partial charge in [0.1, 0.15) is 18.1 Å². The summed E-state index contributed by atoms with van der Waals surface area (Å²) in [6.07, 6.45) is 2.90. The Balaban J connectivity index is 1.71. The van der Waals surface area contributed by atoms with E-state index >= 15 is 0 Å². The number of rotatable bonds is 6. The molecule has 0 aliphatic heterocycles. The molecular formula is C22H23N3O2. The number of aromatic nitrogens is 2. The van der Waals surface area contributed by atoms with Crippen LogP contribution in [0.1, 0.15) is 46.7 Å². The molecule has 1 aromatic heterocycles. The first-order valence-corrected chi connectivity index (χ1v) is 8.77. The molecule has 0 saturated heterocycles. The fraction of sp³-hybridized carbons (Fsp3) is 0.227. The van der Waals surface area contributed by atoms with Gasteiger partial charge in [-0.2, -0.15) is 0 Å². The zero-order valence-corrected chi connectivity index (χ0v) is 15.8. The molecule has 0 aliphatic carbocycles. The first-order chi connectivity index (χ1) is 12.9. The van der Waals surface area contributed by atoms with E-state index in [2.05, 4.69) is 67.1 Å². The number of hydrogen-bond donors (Lipinski definition) is 1. The monoisotopic (exact) mass is 361 g/mol. The van der Waals surface area contributed by atoms with Gasteiger partial charge in [-0.05, 0) is 30.2 Å². The minimum absolute atomic E-state index is 0.104. The van der Waals surface area contributed by atoms with Crippen LogP contribution in [0, 0.1) is 6.92 Å². The van der Waals surface area contributed by atoms with E-state index in [9.17, 15) is 4.79 Å². The van der Waals surface area contributed by atoms with Gasteiger partial charge in [0.05, 0.1) is 18.1 Å². The van der Waals surface area contributed by atoms with Crippen LogP contribution >= 0.6 is 0 Å². The predicted octanol–water partition coefficient (Wildman–Crippen LogP) is 3.79. The summed E-state index contributed by atoms with van der Waals surface area (Å²) in [4.78, 5) is 19.3. The Kier molecular flexibility index (Phi) is 5.21. The number of aryl methyl sites for hydroxylation is 1. The standard InChI is InChI=1S/C22H23N3O2/c1-15-4-6-16(7-5-15)22(2,3)17-8-10-19(11-9-17)27-14-18-12-24-13-20(25-18)21(23)26/h4-13H,14H2,1-3H3,(H2,23,26). The number of carbonyl (C=O) groups is 1. The second-order valence-corrected chi connectivity index (χ2v) is 7.06. The molecule has 138 valence electrons. The third-order valence-corrected chi connectivity index (χ3v) is 4.67. The molecule has 5 nitrogen and oxygen atoms in total. The molecule has 0 bridgehead atoms. The van der Waals surface area contributed by atoms with Crippen molar-refractivity contribution in [3.63, 3.8) is 0 Å². The minimum Gasteiger partial charge on any atom is -0.487 e. The summed E-state index contributed by atoms with van der Waals surface area (Å²) in [5.41, 5.74) is 9.52. The number of nitrogens with two attached hydrogens (primary N) is 1. The molecule has 0 fully saturated rings. The highest BCUT2D eigenvalue weighted by Crippen LogP contribution is 2.32. The maximum atomic E-state index is 11.2. The summed E-state index contributed by atoms with van der Waals surface area (Å²) in [6.45, 7) is 6.72. The van der Waals surface area contributed by atoms with E-state index in [4.69, 9.17) is 10.5 Å². The van der Waals surface area contributed by atoms with Gasteiger partial charge in [0.25, 0.3) is 5.91 Å². The van der Waals surface area contributed by atoms with E-state index in [1.165, 1.54) is 22.9 Å². The molecule has 0 radical (unpaired) electrons. The van der Waals surface area contributed by atoms with Crippen LogP contribution in [-0.2, 0) is 12.0 Å². The number of amides is 1. The number of ether oxygens (including phenoxy) is 1. The molecule has 0 spiro atoms. The normalized spacial score (nSPS) is 11.2. The zero-order chi connectivity index (χ0) is 19.4. The van der Waals surface area contributed by atoms with Crippen molar-refractivity contribution in [3.8, 4) is 5.75 Å². The molecule has 5 heteroatoms. The topological polar surface area (TPSA) is 78.1 Å². The largest absolute Gasteiger partial charge is 0.487 e. The van der Waals surface area contributed by atoms with E-state index < -0.39 is 5.91 Å². The van der Waals surface area contributed by atoms with E-state index in [1.807, 2.05) is 12.1 Å². The number of hydrogen-bond acceptors (Lipinski definition) is 4. The number of primary amides is 1. The summed E-state index contributed by atoms with van der Waals surface area (Å²) in [7, 11) is 0. The Bertz CT molecular complexity index is 933. The molecule has 1 heterocycles. The first-order valence-electron chi connectivity index (χ1n) is 8.77. The van der Waals surface area contributed by atoms with Gasteiger partial charge in [-0.3, -0.25) is 9.78 Å². The van der Waals surface area contributed by atoms with Crippen molar-refractivity contribution < 1.29 is 9.53 Å². The molecule has 0 saturated carbocycles. The smallest absolute Gasteiger partial charge is 0.268 e. The third kappa shape index (κ3) is 4.31. The van der Waals surface area contributed by atoms with E-state index in [0.29, 0.717) is 5.69 Å². The highest BCUT2D eigenvalue weighted by atomic mass is 16.5. The minimum atomic E-state index is -0.605. The van der Waals surface area contributed by atoms with Gasteiger partial charge in [0.15, 0.2) is 0 Å². The molecule has 0 aliphatic rings. The maximum Gasteiger partial charge on any atom is 0.268 e. The number of nitrogens with zero attached hydrogens (tertiary/aromatic N) is 2. The Morgan fingerprint density at radius 1 is 1.00 bits per heavy atom. The van der Waals surface area contributed by atoms with Crippen LogP contribution in [0.3, 0.4) is 0 Å². The first kappa shape index (κ1) is 18.6. The molecular weight excluding hydrogens is 338 g/mol. The van der Waals surface area contributed by atoms with Gasteiger partial charge in [-0.1, -0.05) is 55.8 Å². The number of benzene rings is 2. The van der Waals surface area contributed by atoms with Crippen LogP contribution in [0.4, 0.5) is 0 Å². The Morgan fingerprint density at radius 3 is 2.19 bits per heavy atom. The molecule has 1 amide bonds. The summed E-state index contributed by atoms with van der Waals surface area (Å²) < 4.78 is 5.76. The predicted molar refractivity (Wildman–Crippen MR) is 105 cm³/mol. The SMILES string of the molecule is Cc1ccc(C(C)(C)c2ccc(OCc3cncc(C(N)=O)n3)cc2)cc1. The van der Waals surface area contributed by atoms with Gasteiger partial charge in [-0.15, -0.1) is 0 Å². The zero-order valence-electron chi connectivity index (χ0n) is 15.8. The van der Waals surface area contributed by atoms with Crippen LogP contribution in [0.25, 0.3) is 0 Å². The van der Waals surface area contributed by atoms with Gasteiger partial charge >= 0.3 is 0 Å². The van der Waals surface area contributed by atoms with Crippen LogP contribution in [0.2, 0.25) is 0 Å².